The molecule has 6 heteroatoms. The number of thiol groups is 1. The number of carbonyl (C=O) groups excluding carboxylic acids is 1. The summed E-state index contributed by atoms with van der Waals surface area (Å²) < 4.78 is 0. The van der Waals surface area contributed by atoms with Crippen LogP contribution in [0.15, 0.2) is 47.5 Å². The summed E-state index contributed by atoms with van der Waals surface area (Å²) in [6.07, 6.45) is 2.54. The van der Waals surface area contributed by atoms with E-state index in [4.69, 9.17) is 0 Å². The van der Waals surface area contributed by atoms with Crippen LogP contribution in [-0.2, 0) is 6.42 Å². The Labute approximate surface area is 138 Å². The van der Waals surface area contributed by atoms with Crippen molar-refractivity contribution in [2.24, 2.45) is 0 Å². The molecule has 3 aromatic rings. The van der Waals surface area contributed by atoms with Gasteiger partial charge in [0.2, 0.25) is 0 Å². The number of fused-ring (bicyclic) bond motifs is 1. The Morgan fingerprint density at radius 1 is 1.13 bits per heavy atom. The molecule has 114 valence electrons. The number of benzene rings is 1. The molecule has 2 N–H and O–H groups in total. The van der Waals surface area contributed by atoms with Gasteiger partial charge in [-0.3, -0.25) is 4.79 Å². The standard InChI is InChI=1S/C17H14N4OS/c22-17-12-9-15(20-13(12)5-8-19-17)14-6-7-18-16(21-14)10-1-3-11(23)4-2-10/h1-4,6-7,9,20,23H,5,8H2,(H,19,22). The lowest BCUT2D eigenvalue weighted by Crippen LogP contribution is -2.31. The van der Waals surface area contributed by atoms with Crippen molar-refractivity contribution in [1.82, 2.24) is 20.3 Å². The number of nitrogens with one attached hydrogen (secondary N) is 2. The van der Waals surface area contributed by atoms with Gasteiger partial charge in [-0.2, -0.15) is 0 Å². The minimum absolute atomic E-state index is 0.0348. The molecule has 0 atom stereocenters. The molecular weight excluding hydrogens is 308 g/mol. The highest BCUT2D eigenvalue weighted by Gasteiger charge is 2.20. The number of hydrogen-bond acceptors (Lipinski definition) is 4. The van der Waals surface area contributed by atoms with Crippen molar-refractivity contribution >= 4 is 18.5 Å². The highest BCUT2D eigenvalue weighted by atomic mass is 32.1. The van der Waals surface area contributed by atoms with Gasteiger partial charge in [0, 0.05) is 35.3 Å². The molecule has 0 fully saturated rings. The summed E-state index contributed by atoms with van der Waals surface area (Å²) in [5.74, 6) is 0.611. The van der Waals surface area contributed by atoms with Crippen molar-refractivity contribution < 1.29 is 4.79 Å². The van der Waals surface area contributed by atoms with Gasteiger partial charge in [0.05, 0.1) is 17.0 Å². The van der Waals surface area contributed by atoms with Crippen LogP contribution in [0.4, 0.5) is 0 Å². The SMILES string of the molecule is O=C1NCCc2[nH]c(-c3ccnc(-c4ccc(S)cc4)n3)cc21. The topological polar surface area (TPSA) is 70.7 Å². The van der Waals surface area contributed by atoms with Gasteiger partial charge >= 0.3 is 0 Å². The van der Waals surface area contributed by atoms with Gasteiger partial charge in [0.1, 0.15) is 0 Å². The molecule has 0 aliphatic carbocycles. The molecule has 23 heavy (non-hydrogen) atoms. The molecule has 0 unspecified atom stereocenters. The molecule has 1 aliphatic heterocycles. The zero-order valence-corrected chi connectivity index (χ0v) is 13.1. The first-order valence-corrected chi connectivity index (χ1v) is 7.78. The van der Waals surface area contributed by atoms with Crippen molar-refractivity contribution in [3.05, 3.63) is 53.9 Å². The number of aromatic amines is 1. The summed E-state index contributed by atoms with van der Waals surface area (Å²) in [5, 5.41) is 2.85. The van der Waals surface area contributed by atoms with Gasteiger partial charge < -0.3 is 10.3 Å². The zero-order valence-electron chi connectivity index (χ0n) is 12.2. The van der Waals surface area contributed by atoms with Gasteiger partial charge in [-0.05, 0) is 24.3 Å². The molecular formula is C17H14N4OS. The lowest BCUT2D eigenvalue weighted by molar-refractivity contribution is 0.0946. The van der Waals surface area contributed by atoms with Gasteiger partial charge in [0.15, 0.2) is 5.82 Å². The van der Waals surface area contributed by atoms with Crippen LogP contribution in [0.5, 0.6) is 0 Å². The van der Waals surface area contributed by atoms with Gasteiger partial charge in [-0.15, -0.1) is 12.6 Å². The van der Waals surface area contributed by atoms with E-state index in [1.54, 1.807) is 6.20 Å². The number of nitrogens with zero attached hydrogens (tertiary/aromatic N) is 2. The van der Waals surface area contributed by atoms with E-state index in [1.807, 2.05) is 36.4 Å². The fourth-order valence-electron chi connectivity index (χ4n) is 2.69. The van der Waals surface area contributed by atoms with Crippen LogP contribution in [0.3, 0.4) is 0 Å². The number of amides is 1. The summed E-state index contributed by atoms with van der Waals surface area (Å²) in [5.41, 5.74) is 4.20. The average molecular weight is 322 g/mol. The lowest BCUT2D eigenvalue weighted by Gasteiger charge is -2.10. The Bertz CT molecular complexity index is 886. The van der Waals surface area contributed by atoms with E-state index in [2.05, 4.69) is 32.9 Å². The molecule has 0 spiro atoms. The van der Waals surface area contributed by atoms with Crippen LogP contribution in [0.2, 0.25) is 0 Å². The first-order chi connectivity index (χ1) is 11.2. The highest BCUT2D eigenvalue weighted by molar-refractivity contribution is 7.80. The zero-order chi connectivity index (χ0) is 15.8. The molecule has 0 saturated carbocycles. The predicted octanol–water partition coefficient (Wildman–Crippen LogP) is 2.71. The van der Waals surface area contributed by atoms with E-state index in [9.17, 15) is 4.79 Å². The second-order valence-electron chi connectivity index (χ2n) is 5.39. The molecule has 1 aliphatic rings. The molecule has 0 radical (unpaired) electrons. The summed E-state index contributed by atoms with van der Waals surface area (Å²) in [4.78, 5) is 25.0. The third kappa shape index (κ3) is 2.61. The third-order valence-corrected chi connectivity index (χ3v) is 4.16. The van der Waals surface area contributed by atoms with E-state index in [0.717, 1.165) is 34.0 Å². The second-order valence-corrected chi connectivity index (χ2v) is 5.91. The summed E-state index contributed by atoms with van der Waals surface area (Å²) in [6.45, 7) is 0.664. The number of rotatable bonds is 2. The predicted molar refractivity (Wildman–Crippen MR) is 90.5 cm³/mol. The quantitative estimate of drug-likeness (QED) is 0.635. The minimum atomic E-state index is -0.0348. The number of carbonyl (C=O) groups is 1. The number of H-pyrrole nitrogens is 1. The van der Waals surface area contributed by atoms with Crippen molar-refractivity contribution in [2.45, 2.75) is 11.3 Å². The largest absolute Gasteiger partial charge is 0.356 e. The Kier molecular flexibility index (Phi) is 3.38. The van der Waals surface area contributed by atoms with E-state index < -0.39 is 0 Å². The van der Waals surface area contributed by atoms with Crippen molar-refractivity contribution in [3.63, 3.8) is 0 Å². The van der Waals surface area contributed by atoms with E-state index in [1.165, 1.54) is 0 Å². The van der Waals surface area contributed by atoms with Gasteiger partial charge in [0.25, 0.3) is 5.91 Å². The van der Waals surface area contributed by atoms with E-state index in [-0.39, 0.29) is 5.91 Å². The Morgan fingerprint density at radius 2 is 1.96 bits per heavy atom. The Balaban J connectivity index is 1.74. The second kappa shape index (κ2) is 5.55. The molecule has 0 saturated heterocycles. The van der Waals surface area contributed by atoms with Crippen molar-refractivity contribution in [3.8, 4) is 22.8 Å². The van der Waals surface area contributed by atoms with Crippen LogP contribution >= 0.6 is 12.6 Å². The van der Waals surface area contributed by atoms with Crippen LogP contribution < -0.4 is 5.32 Å². The normalized spacial score (nSPS) is 13.5. The van der Waals surface area contributed by atoms with Crippen LogP contribution in [-0.4, -0.2) is 27.4 Å². The maximum absolute atomic E-state index is 11.9. The smallest absolute Gasteiger partial charge is 0.253 e. The van der Waals surface area contributed by atoms with Gasteiger partial charge in [-0.1, -0.05) is 12.1 Å². The monoisotopic (exact) mass is 322 g/mol. The maximum atomic E-state index is 11.9. The van der Waals surface area contributed by atoms with Crippen molar-refractivity contribution in [1.29, 1.82) is 0 Å². The van der Waals surface area contributed by atoms with Crippen LogP contribution in [0.25, 0.3) is 22.8 Å². The molecule has 5 nitrogen and oxygen atoms in total. The fraction of sp³-hybridized carbons (Fsp3) is 0.118. The molecule has 1 amide bonds. The molecule has 1 aromatic carbocycles. The minimum Gasteiger partial charge on any atom is -0.356 e. The molecule has 0 bridgehead atoms. The summed E-state index contributed by atoms with van der Waals surface area (Å²) in [6, 6.07) is 11.4. The highest BCUT2D eigenvalue weighted by Crippen LogP contribution is 2.24. The molecule has 3 heterocycles. The Morgan fingerprint density at radius 3 is 2.74 bits per heavy atom. The molecule has 2 aromatic heterocycles. The lowest BCUT2D eigenvalue weighted by atomic mass is 10.1. The fourth-order valence-corrected chi connectivity index (χ4v) is 2.84. The summed E-state index contributed by atoms with van der Waals surface area (Å²) in [7, 11) is 0. The Hall–Kier alpha value is -2.60. The maximum Gasteiger partial charge on any atom is 0.253 e. The summed E-state index contributed by atoms with van der Waals surface area (Å²) >= 11 is 4.29. The van der Waals surface area contributed by atoms with Gasteiger partial charge in [-0.25, -0.2) is 9.97 Å². The average Bonchev–Trinajstić information content (AvgIpc) is 3.01. The van der Waals surface area contributed by atoms with Crippen LogP contribution in [0.1, 0.15) is 16.1 Å². The molecule has 4 rings (SSSR count). The number of aromatic nitrogens is 3. The van der Waals surface area contributed by atoms with E-state index >= 15 is 0 Å². The first kappa shape index (κ1) is 14.0. The van der Waals surface area contributed by atoms with Crippen molar-refractivity contribution in [2.75, 3.05) is 6.54 Å². The first-order valence-electron chi connectivity index (χ1n) is 7.33. The van der Waals surface area contributed by atoms with E-state index in [0.29, 0.717) is 17.9 Å². The number of hydrogen-bond donors (Lipinski definition) is 3. The van der Waals surface area contributed by atoms with Crippen LogP contribution in [0, 0.1) is 0 Å². The third-order valence-electron chi connectivity index (χ3n) is 3.86.